The molecule has 1 unspecified atom stereocenters. The van der Waals surface area contributed by atoms with Crippen molar-refractivity contribution in [3.8, 4) is 0 Å². The molecular formula is C9H8BrNO3S. The quantitative estimate of drug-likeness (QED) is 0.905. The Kier molecular flexibility index (Phi) is 2.56. The summed E-state index contributed by atoms with van der Waals surface area (Å²) in [6.07, 6.45) is 0. The van der Waals surface area contributed by atoms with E-state index in [1.54, 1.807) is 0 Å². The van der Waals surface area contributed by atoms with Gasteiger partial charge in [-0.15, -0.1) is 11.3 Å². The van der Waals surface area contributed by atoms with Crippen molar-refractivity contribution >= 4 is 39.1 Å². The first-order valence-corrected chi connectivity index (χ1v) is 5.93. The highest BCUT2D eigenvalue weighted by molar-refractivity contribution is 9.11. The van der Waals surface area contributed by atoms with Crippen LogP contribution in [0.5, 0.6) is 0 Å². The molecule has 2 rings (SSSR count). The molecule has 1 atom stereocenters. The van der Waals surface area contributed by atoms with Gasteiger partial charge >= 0.3 is 5.97 Å². The smallest absolute Gasteiger partial charge is 0.326 e. The summed E-state index contributed by atoms with van der Waals surface area (Å²) in [5.74, 6) is -1.16. The molecule has 0 radical (unpaired) electrons. The van der Waals surface area contributed by atoms with Gasteiger partial charge in [0, 0.05) is 6.54 Å². The molecule has 0 aromatic carbocycles. The van der Waals surface area contributed by atoms with Crippen LogP contribution in [0.3, 0.4) is 0 Å². The lowest BCUT2D eigenvalue weighted by Crippen LogP contribution is -2.38. The van der Waals surface area contributed by atoms with Crippen molar-refractivity contribution in [2.75, 3.05) is 0 Å². The van der Waals surface area contributed by atoms with E-state index in [-0.39, 0.29) is 5.91 Å². The summed E-state index contributed by atoms with van der Waals surface area (Å²) in [4.78, 5) is 24.6. The predicted molar refractivity (Wildman–Crippen MR) is 59.0 cm³/mol. The molecule has 0 fully saturated rings. The van der Waals surface area contributed by atoms with Gasteiger partial charge in [-0.05, 0) is 34.5 Å². The van der Waals surface area contributed by atoms with Gasteiger partial charge in [-0.25, -0.2) is 4.79 Å². The highest BCUT2D eigenvalue weighted by Gasteiger charge is 2.35. The molecule has 1 aromatic heterocycles. The fourth-order valence-electron chi connectivity index (χ4n) is 1.53. The second-order valence-electron chi connectivity index (χ2n) is 3.35. The van der Waals surface area contributed by atoms with Crippen LogP contribution in [0.15, 0.2) is 9.85 Å². The first-order chi connectivity index (χ1) is 7.00. The van der Waals surface area contributed by atoms with Crippen molar-refractivity contribution < 1.29 is 14.7 Å². The number of carboxylic acids is 1. The third-order valence-corrected chi connectivity index (χ3v) is 4.07. The fraction of sp³-hybridized carbons (Fsp3) is 0.333. The molecule has 0 saturated heterocycles. The van der Waals surface area contributed by atoms with Crippen LogP contribution in [0.2, 0.25) is 0 Å². The Morgan fingerprint density at radius 2 is 2.40 bits per heavy atom. The molecule has 4 nitrogen and oxygen atoms in total. The number of nitrogens with zero attached hydrogens (tertiary/aromatic N) is 1. The third-order valence-electron chi connectivity index (χ3n) is 2.40. The predicted octanol–water partition coefficient (Wildman–Crippen LogP) is 1.94. The van der Waals surface area contributed by atoms with E-state index in [0.717, 1.165) is 9.35 Å². The number of hydrogen-bond acceptors (Lipinski definition) is 3. The molecule has 6 heteroatoms. The summed E-state index contributed by atoms with van der Waals surface area (Å²) in [5, 5.41) is 8.83. The number of carbonyl (C=O) groups excluding carboxylic acids is 1. The van der Waals surface area contributed by atoms with Crippen LogP contribution in [-0.4, -0.2) is 27.9 Å². The van der Waals surface area contributed by atoms with E-state index in [9.17, 15) is 9.59 Å². The third kappa shape index (κ3) is 1.68. The Morgan fingerprint density at radius 3 is 2.93 bits per heavy atom. The van der Waals surface area contributed by atoms with Gasteiger partial charge in [0.15, 0.2) is 0 Å². The van der Waals surface area contributed by atoms with Crippen LogP contribution < -0.4 is 0 Å². The molecule has 0 bridgehead atoms. The Labute approximate surface area is 98.6 Å². The molecule has 2 heterocycles. The normalized spacial score (nSPS) is 16.7. The standard InChI is InChI=1S/C9H8BrNO3S/c1-4(9(13)14)11-3-5-2-6(10)15-7(5)8(11)12/h2,4H,3H2,1H3,(H,13,14). The van der Waals surface area contributed by atoms with Crippen LogP contribution in [0.1, 0.15) is 22.2 Å². The van der Waals surface area contributed by atoms with Gasteiger partial charge in [-0.3, -0.25) is 4.79 Å². The zero-order valence-corrected chi connectivity index (χ0v) is 10.3. The minimum absolute atomic E-state index is 0.185. The molecule has 1 aliphatic heterocycles. The van der Waals surface area contributed by atoms with Gasteiger partial charge in [0.25, 0.3) is 5.91 Å². The van der Waals surface area contributed by atoms with Crippen molar-refractivity contribution in [3.05, 3.63) is 20.3 Å². The molecule has 0 spiro atoms. The van der Waals surface area contributed by atoms with Crippen molar-refractivity contribution in [1.82, 2.24) is 4.90 Å². The second-order valence-corrected chi connectivity index (χ2v) is 5.78. The second kappa shape index (κ2) is 3.61. The number of aliphatic carboxylic acids is 1. The van der Waals surface area contributed by atoms with Gasteiger partial charge in [0.1, 0.15) is 6.04 Å². The summed E-state index contributed by atoms with van der Waals surface area (Å²) < 4.78 is 0.906. The molecule has 1 amide bonds. The number of rotatable bonds is 2. The van der Waals surface area contributed by atoms with Crippen LogP contribution in [-0.2, 0) is 11.3 Å². The first-order valence-electron chi connectivity index (χ1n) is 4.32. The molecular weight excluding hydrogens is 282 g/mol. The van der Waals surface area contributed by atoms with Crippen molar-refractivity contribution in [2.45, 2.75) is 19.5 Å². The molecule has 0 aliphatic carbocycles. The summed E-state index contributed by atoms with van der Waals surface area (Å²) in [6, 6.07) is 1.10. The Morgan fingerprint density at radius 1 is 1.73 bits per heavy atom. The first kappa shape index (κ1) is 10.6. The maximum absolute atomic E-state index is 11.8. The molecule has 15 heavy (non-hydrogen) atoms. The topological polar surface area (TPSA) is 57.6 Å². The highest BCUT2D eigenvalue weighted by atomic mass is 79.9. The summed E-state index contributed by atoms with van der Waals surface area (Å²) in [5.41, 5.74) is 0.907. The van der Waals surface area contributed by atoms with Crippen LogP contribution in [0, 0.1) is 0 Å². The summed E-state index contributed by atoms with van der Waals surface area (Å²) >= 11 is 4.65. The number of carbonyl (C=O) groups is 2. The number of hydrogen-bond donors (Lipinski definition) is 1. The maximum atomic E-state index is 11.8. The Hall–Kier alpha value is -0.880. The van der Waals surface area contributed by atoms with Gasteiger partial charge in [0.05, 0.1) is 8.66 Å². The maximum Gasteiger partial charge on any atom is 0.326 e. The van der Waals surface area contributed by atoms with Crippen molar-refractivity contribution in [2.24, 2.45) is 0 Å². The van der Waals surface area contributed by atoms with E-state index >= 15 is 0 Å². The molecule has 1 aliphatic rings. The molecule has 1 N–H and O–H groups in total. The SMILES string of the molecule is CC(C(=O)O)N1Cc2cc(Br)sc2C1=O. The van der Waals surface area contributed by atoms with E-state index in [1.807, 2.05) is 6.07 Å². The number of carboxylic acid groups (broad SMARTS) is 1. The van der Waals surface area contributed by atoms with Gasteiger partial charge in [-0.1, -0.05) is 0 Å². The number of thiophene rings is 1. The molecule has 1 aromatic rings. The van der Waals surface area contributed by atoms with E-state index in [0.29, 0.717) is 11.4 Å². The van der Waals surface area contributed by atoms with Gasteiger partial charge < -0.3 is 10.0 Å². The van der Waals surface area contributed by atoms with E-state index in [2.05, 4.69) is 15.9 Å². The van der Waals surface area contributed by atoms with Crippen LogP contribution in [0.25, 0.3) is 0 Å². The van der Waals surface area contributed by atoms with E-state index < -0.39 is 12.0 Å². The Balaban J connectivity index is 2.28. The van der Waals surface area contributed by atoms with Gasteiger partial charge in [-0.2, -0.15) is 0 Å². The molecule has 80 valence electrons. The number of amides is 1. The minimum atomic E-state index is -0.974. The lowest BCUT2D eigenvalue weighted by Gasteiger charge is -2.20. The van der Waals surface area contributed by atoms with Crippen LogP contribution >= 0.6 is 27.3 Å². The monoisotopic (exact) mass is 289 g/mol. The Bertz CT molecular complexity index is 443. The fourth-order valence-corrected chi connectivity index (χ4v) is 3.14. The van der Waals surface area contributed by atoms with Crippen molar-refractivity contribution in [1.29, 1.82) is 0 Å². The summed E-state index contributed by atoms with van der Waals surface area (Å²) in [6.45, 7) is 1.91. The zero-order valence-electron chi connectivity index (χ0n) is 7.86. The summed E-state index contributed by atoms with van der Waals surface area (Å²) in [7, 11) is 0. The average Bonchev–Trinajstić information content (AvgIpc) is 2.64. The number of fused-ring (bicyclic) bond motifs is 1. The lowest BCUT2D eigenvalue weighted by atomic mass is 10.3. The lowest BCUT2D eigenvalue weighted by molar-refractivity contribution is -0.141. The molecule has 0 saturated carbocycles. The van der Waals surface area contributed by atoms with Crippen LogP contribution in [0.4, 0.5) is 0 Å². The number of halogens is 1. The highest BCUT2D eigenvalue weighted by Crippen LogP contribution is 2.34. The van der Waals surface area contributed by atoms with E-state index in [1.165, 1.54) is 23.2 Å². The van der Waals surface area contributed by atoms with Gasteiger partial charge in [0.2, 0.25) is 0 Å². The zero-order chi connectivity index (χ0) is 11.2. The minimum Gasteiger partial charge on any atom is -0.480 e. The van der Waals surface area contributed by atoms with Crippen molar-refractivity contribution in [3.63, 3.8) is 0 Å². The van der Waals surface area contributed by atoms with E-state index in [4.69, 9.17) is 5.11 Å². The largest absolute Gasteiger partial charge is 0.480 e. The average molecular weight is 290 g/mol.